The van der Waals surface area contributed by atoms with Crippen molar-refractivity contribution in [2.75, 3.05) is 11.9 Å². The monoisotopic (exact) mass is 659 g/mol. The third kappa shape index (κ3) is 6.97. The third-order valence-corrected chi connectivity index (χ3v) is 10.8. The van der Waals surface area contributed by atoms with Gasteiger partial charge >= 0.3 is 6.09 Å². The summed E-state index contributed by atoms with van der Waals surface area (Å²) in [5.74, 6) is -7.10. The lowest BCUT2D eigenvalue weighted by Crippen LogP contribution is -2.56. The smallest absolute Gasteiger partial charge is 0.408 e. The first-order valence-corrected chi connectivity index (χ1v) is 15.9. The number of sulfone groups is 1. The number of halogens is 4. The van der Waals surface area contributed by atoms with E-state index in [-0.39, 0.29) is 46.7 Å². The number of carbonyl (C=O) groups excluding carboxylic acids is 3. The molecule has 2 aromatic carbocycles. The van der Waals surface area contributed by atoms with Gasteiger partial charge in [0.2, 0.25) is 5.91 Å². The van der Waals surface area contributed by atoms with Crippen molar-refractivity contribution in [2.45, 2.75) is 74.3 Å². The van der Waals surface area contributed by atoms with Gasteiger partial charge in [-0.2, -0.15) is 0 Å². The molecule has 240 valence electrons. The molecular formula is C29H33ClF3N3O7S. The number of alkyl carbamates (subject to hydrolysis) is 1. The maximum atomic E-state index is 13.8. The van der Waals surface area contributed by atoms with Gasteiger partial charge in [-0.1, -0.05) is 11.6 Å². The Morgan fingerprint density at radius 3 is 2.20 bits per heavy atom. The molecule has 2 aliphatic rings. The zero-order chi connectivity index (χ0) is 32.6. The molecule has 10 nitrogen and oxygen atoms in total. The molecule has 0 aliphatic heterocycles. The summed E-state index contributed by atoms with van der Waals surface area (Å²) in [5.41, 5.74) is -1.91. The lowest BCUT2D eigenvalue weighted by atomic mass is 9.74. The molecule has 0 spiro atoms. The van der Waals surface area contributed by atoms with E-state index < -0.39 is 73.9 Å². The van der Waals surface area contributed by atoms with Crippen LogP contribution in [-0.4, -0.2) is 61.0 Å². The number of amides is 3. The van der Waals surface area contributed by atoms with Gasteiger partial charge in [0.1, 0.15) is 6.04 Å². The Morgan fingerprint density at radius 1 is 1.05 bits per heavy atom. The molecule has 4 N–H and O–H groups in total. The van der Waals surface area contributed by atoms with Crippen LogP contribution in [0.5, 0.6) is 0 Å². The lowest BCUT2D eigenvalue weighted by molar-refractivity contribution is -0.125. The highest BCUT2D eigenvalue weighted by molar-refractivity contribution is 7.92. The Balaban J connectivity index is 1.45. The van der Waals surface area contributed by atoms with Gasteiger partial charge in [-0.15, -0.1) is 0 Å². The summed E-state index contributed by atoms with van der Waals surface area (Å²) in [7, 11) is -4.13. The maximum Gasteiger partial charge on any atom is 0.408 e. The minimum Gasteiger partial charge on any atom is -0.447 e. The highest BCUT2D eigenvalue weighted by Gasteiger charge is 2.55. The molecule has 4 rings (SSSR count). The minimum absolute atomic E-state index is 0.0700. The van der Waals surface area contributed by atoms with Crippen LogP contribution in [-0.2, 0) is 19.4 Å². The fraction of sp³-hybridized carbons (Fsp3) is 0.483. The molecule has 0 heterocycles. The van der Waals surface area contributed by atoms with Crippen molar-refractivity contribution in [3.05, 3.63) is 58.4 Å². The van der Waals surface area contributed by atoms with E-state index in [1.54, 1.807) is 13.8 Å². The average molecular weight is 660 g/mol. The molecule has 2 aromatic rings. The third-order valence-electron chi connectivity index (χ3n) is 8.17. The number of fused-ring (bicyclic) bond motifs is 2. The molecule has 0 aromatic heterocycles. The van der Waals surface area contributed by atoms with E-state index in [1.165, 1.54) is 19.1 Å². The molecule has 2 fully saturated rings. The Hall–Kier alpha value is -3.36. The number of nitrogens with one attached hydrogen (secondary N) is 3. The van der Waals surface area contributed by atoms with Gasteiger partial charge in [0.15, 0.2) is 27.3 Å². The van der Waals surface area contributed by atoms with Crippen molar-refractivity contribution >= 4 is 45.0 Å². The number of aliphatic hydroxyl groups is 1. The first-order valence-electron chi connectivity index (χ1n) is 14.0. The van der Waals surface area contributed by atoms with Crippen molar-refractivity contribution in [2.24, 2.45) is 11.8 Å². The second-order valence-corrected chi connectivity index (χ2v) is 14.1. The van der Waals surface area contributed by atoms with E-state index in [2.05, 4.69) is 16.0 Å². The number of hydrogen-bond donors (Lipinski definition) is 4. The van der Waals surface area contributed by atoms with Crippen LogP contribution in [0.25, 0.3) is 0 Å². The van der Waals surface area contributed by atoms with E-state index in [9.17, 15) is 41.1 Å². The molecule has 0 saturated heterocycles. The zero-order valence-electron chi connectivity index (χ0n) is 24.1. The van der Waals surface area contributed by atoms with E-state index in [0.29, 0.717) is 25.0 Å². The molecule has 2 aliphatic carbocycles. The Kier molecular flexibility index (Phi) is 9.86. The number of benzene rings is 2. The van der Waals surface area contributed by atoms with E-state index >= 15 is 0 Å². The van der Waals surface area contributed by atoms with Crippen molar-refractivity contribution in [1.82, 2.24) is 10.6 Å². The SMILES string of the molecule is CC(C)OC(=O)N[C@@H](C)C(=O)NC[C@]1(O)C2CCC1C[C@@H](S(=O)(=O)c1cc(C(=O)Nc3cc(F)c(F)c(F)c3)ccc1Cl)C2. The molecular weight excluding hydrogens is 627 g/mol. The summed E-state index contributed by atoms with van der Waals surface area (Å²) in [6.07, 6.45) is 0.0599. The highest BCUT2D eigenvalue weighted by atomic mass is 35.5. The van der Waals surface area contributed by atoms with Crippen LogP contribution in [0.1, 0.15) is 56.8 Å². The van der Waals surface area contributed by atoms with Crippen LogP contribution in [0.3, 0.4) is 0 Å². The molecule has 44 heavy (non-hydrogen) atoms. The molecule has 2 unspecified atom stereocenters. The normalized spacial score (nSPS) is 23.6. The second-order valence-electron chi connectivity index (χ2n) is 11.5. The maximum absolute atomic E-state index is 13.8. The van der Waals surface area contributed by atoms with Gasteiger partial charge in [0.05, 0.1) is 26.9 Å². The Bertz CT molecular complexity index is 1540. The van der Waals surface area contributed by atoms with Crippen LogP contribution in [0, 0.1) is 29.3 Å². The van der Waals surface area contributed by atoms with Crippen LogP contribution in [0.15, 0.2) is 35.2 Å². The van der Waals surface area contributed by atoms with Gasteiger partial charge in [0, 0.05) is 29.9 Å². The second kappa shape index (κ2) is 12.9. The predicted molar refractivity (Wildman–Crippen MR) is 154 cm³/mol. The molecule has 2 saturated carbocycles. The summed E-state index contributed by atoms with van der Waals surface area (Å²) < 4.78 is 72.9. The molecule has 3 atom stereocenters. The van der Waals surface area contributed by atoms with Crippen LogP contribution in [0.2, 0.25) is 5.02 Å². The van der Waals surface area contributed by atoms with Crippen LogP contribution < -0.4 is 16.0 Å². The van der Waals surface area contributed by atoms with Gasteiger partial charge in [-0.3, -0.25) is 9.59 Å². The molecule has 0 radical (unpaired) electrons. The quantitative estimate of drug-likeness (QED) is 0.293. The number of rotatable bonds is 9. The zero-order valence-corrected chi connectivity index (χ0v) is 25.7. The Labute approximate surface area is 257 Å². The Morgan fingerprint density at radius 2 is 1.64 bits per heavy atom. The summed E-state index contributed by atoms with van der Waals surface area (Å²) in [4.78, 5) is 36.9. The van der Waals surface area contributed by atoms with Crippen molar-refractivity contribution in [3.63, 3.8) is 0 Å². The van der Waals surface area contributed by atoms with Crippen LogP contribution >= 0.6 is 11.6 Å². The van der Waals surface area contributed by atoms with Gasteiger partial charge in [0.25, 0.3) is 5.91 Å². The first kappa shape index (κ1) is 33.5. The summed E-state index contributed by atoms with van der Waals surface area (Å²) in [6, 6.07) is 3.74. The number of carbonyl (C=O) groups is 3. The topological polar surface area (TPSA) is 151 Å². The highest BCUT2D eigenvalue weighted by Crippen LogP contribution is 2.52. The summed E-state index contributed by atoms with van der Waals surface area (Å²) >= 11 is 6.26. The molecule has 15 heteroatoms. The number of hydrogen-bond acceptors (Lipinski definition) is 7. The summed E-state index contributed by atoms with van der Waals surface area (Å²) in [5, 5.41) is 17.7. The van der Waals surface area contributed by atoms with E-state index in [1.807, 2.05) is 0 Å². The average Bonchev–Trinajstić information content (AvgIpc) is 3.09. The van der Waals surface area contributed by atoms with E-state index in [4.69, 9.17) is 16.3 Å². The van der Waals surface area contributed by atoms with E-state index in [0.717, 1.165) is 6.07 Å². The fourth-order valence-electron chi connectivity index (χ4n) is 5.90. The molecule has 2 bridgehead atoms. The molecule has 3 amide bonds. The standard InChI is InChI=1S/C29H33ClF3N3O7S/c1-14(2)43-28(39)35-15(3)26(37)34-13-29(40)17-5-6-18(29)10-20(9-17)44(41,42)24-8-16(4-7-21(24)30)27(38)36-19-11-22(31)25(33)23(32)12-19/h4,7-8,11-12,14-15,17-18,20,40H,5-6,9-10,13H2,1-3H3,(H,34,37)(H,35,39)(H,36,38)/t15-,17?,18?,20-,29-/m0/s1. The predicted octanol–water partition coefficient (Wildman–Crippen LogP) is 4.34. The van der Waals surface area contributed by atoms with Crippen molar-refractivity contribution < 1.29 is 45.8 Å². The van der Waals surface area contributed by atoms with Gasteiger partial charge in [-0.25, -0.2) is 26.4 Å². The van der Waals surface area contributed by atoms with Crippen LogP contribution in [0.4, 0.5) is 23.7 Å². The largest absolute Gasteiger partial charge is 0.447 e. The minimum atomic E-state index is -4.13. The lowest BCUT2D eigenvalue weighted by Gasteiger charge is -2.42. The van der Waals surface area contributed by atoms with Gasteiger partial charge < -0.3 is 25.8 Å². The first-order chi connectivity index (χ1) is 20.5. The summed E-state index contributed by atoms with van der Waals surface area (Å²) in [6.45, 7) is 4.65. The number of ether oxygens (including phenoxy) is 1. The fourth-order valence-corrected chi connectivity index (χ4v) is 8.30. The van der Waals surface area contributed by atoms with Crippen molar-refractivity contribution in [1.29, 1.82) is 0 Å². The van der Waals surface area contributed by atoms with Gasteiger partial charge in [-0.05, 0) is 76.5 Å². The number of anilines is 1. The van der Waals surface area contributed by atoms with Crippen molar-refractivity contribution in [3.8, 4) is 0 Å².